The van der Waals surface area contributed by atoms with Gasteiger partial charge in [-0.25, -0.2) is 0 Å². The molecule has 3 heteroatoms. The van der Waals surface area contributed by atoms with E-state index in [1.54, 1.807) is 18.5 Å². The molecule has 0 aliphatic heterocycles. The Morgan fingerprint density at radius 2 is 1.50 bits per heavy atom. The Bertz CT molecular complexity index is 771. The molecule has 1 heterocycles. The smallest absolute Gasteiger partial charge is 0.228 e. The fraction of sp³-hybridized carbons (Fsp3) is 0.0476. The highest BCUT2D eigenvalue weighted by atomic mass is 16.1. The molecule has 1 N–H and O–H groups in total. The zero-order chi connectivity index (χ0) is 16.6. The van der Waals surface area contributed by atoms with Gasteiger partial charge >= 0.3 is 0 Å². The van der Waals surface area contributed by atoms with Crippen molar-refractivity contribution >= 4 is 17.2 Å². The van der Waals surface area contributed by atoms with Crippen molar-refractivity contribution in [1.29, 1.82) is 0 Å². The van der Waals surface area contributed by atoms with Crippen molar-refractivity contribution in [2.45, 2.75) is 6.42 Å². The van der Waals surface area contributed by atoms with Crippen molar-refractivity contribution in [2.24, 2.45) is 0 Å². The number of rotatable bonds is 5. The molecular weight excluding hydrogens is 296 g/mol. The van der Waals surface area contributed by atoms with Crippen molar-refractivity contribution in [1.82, 2.24) is 4.98 Å². The molecule has 0 aliphatic carbocycles. The minimum atomic E-state index is -0.0626. The molecule has 3 aromatic rings. The average molecular weight is 314 g/mol. The second-order valence-corrected chi connectivity index (χ2v) is 5.34. The van der Waals surface area contributed by atoms with Crippen LogP contribution in [0.2, 0.25) is 0 Å². The Hall–Kier alpha value is -3.20. The number of anilines is 1. The Balaban J connectivity index is 1.81. The molecule has 0 radical (unpaired) electrons. The number of aromatic nitrogens is 1. The van der Waals surface area contributed by atoms with E-state index in [-0.39, 0.29) is 5.91 Å². The lowest BCUT2D eigenvalue weighted by molar-refractivity contribution is -0.115. The predicted octanol–water partition coefficient (Wildman–Crippen LogP) is 4.54. The lowest BCUT2D eigenvalue weighted by atomic mass is 9.97. The topological polar surface area (TPSA) is 42.0 Å². The largest absolute Gasteiger partial charge is 0.324 e. The molecule has 0 bridgehead atoms. The van der Waals surface area contributed by atoms with Crippen LogP contribution in [0.15, 0.2) is 91.3 Å². The van der Waals surface area contributed by atoms with Crippen molar-refractivity contribution in [2.75, 3.05) is 5.32 Å². The molecule has 0 aliphatic rings. The second kappa shape index (κ2) is 7.88. The number of nitrogens with zero attached hydrogens (tertiary/aromatic N) is 1. The normalized spacial score (nSPS) is 10.0. The zero-order valence-corrected chi connectivity index (χ0v) is 13.2. The number of pyridine rings is 1. The molecule has 0 atom stereocenters. The van der Waals surface area contributed by atoms with Crippen LogP contribution in [0.25, 0.3) is 5.57 Å². The molecule has 0 spiro atoms. The lowest BCUT2D eigenvalue weighted by Crippen LogP contribution is -2.10. The van der Waals surface area contributed by atoms with Gasteiger partial charge in [0.1, 0.15) is 0 Å². The predicted molar refractivity (Wildman–Crippen MR) is 97.4 cm³/mol. The Kier molecular flexibility index (Phi) is 5.15. The zero-order valence-electron chi connectivity index (χ0n) is 13.2. The molecule has 1 aromatic heterocycles. The summed E-state index contributed by atoms with van der Waals surface area (Å²) in [4.78, 5) is 16.2. The van der Waals surface area contributed by atoms with Gasteiger partial charge in [-0.15, -0.1) is 0 Å². The lowest BCUT2D eigenvalue weighted by Gasteiger charge is -2.09. The summed E-state index contributed by atoms with van der Waals surface area (Å²) in [5.74, 6) is -0.0626. The van der Waals surface area contributed by atoms with Gasteiger partial charge < -0.3 is 5.32 Å². The molecule has 0 saturated heterocycles. The van der Waals surface area contributed by atoms with Gasteiger partial charge in [0.25, 0.3) is 0 Å². The van der Waals surface area contributed by atoms with E-state index < -0.39 is 0 Å². The molecule has 0 saturated carbocycles. The van der Waals surface area contributed by atoms with Crippen LogP contribution in [0.5, 0.6) is 0 Å². The minimum Gasteiger partial charge on any atom is -0.324 e. The highest BCUT2D eigenvalue weighted by Gasteiger charge is 2.06. The van der Waals surface area contributed by atoms with Gasteiger partial charge in [0.15, 0.2) is 0 Å². The molecule has 0 fully saturated rings. The summed E-state index contributed by atoms with van der Waals surface area (Å²) in [6.45, 7) is 0. The second-order valence-electron chi connectivity index (χ2n) is 5.34. The maximum Gasteiger partial charge on any atom is 0.228 e. The molecular formula is C21H18N2O. The Morgan fingerprint density at radius 1 is 0.875 bits per heavy atom. The molecule has 2 aromatic carbocycles. The van der Waals surface area contributed by atoms with E-state index in [4.69, 9.17) is 0 Å². The van der Waals surface area contributed by atoms with E-state index in [1.807, 2.05) is 48.5 Å². The van der Waals surface area contributed by atoms with Crippen molar-refractivity contribution < 1.29 is 4.79 Å². The molecule has 118 valence electrons. The number of carbonyl (C=O) groups is 1. The molecule has 3 nitrogen and oxygen atoms in total. The van der Waals surface area contributed by atoms with Gasteiger partial charge in [-0.3, -0.25) is 9.78 Å². The quantitative estimate of drug-likeness (QED) is 0.751. The highest BCUT2D eigenvalue weighted by Crippen LogP contribution is 2.23. The summed E-state index contributed by atoms with van der Waals surface area (Å²) in [5.41, 5.74) is 3.95. The monoisotopic (exact) mass is 314 g/mol. The minimum absolute atomic E-state index is 0.0626. The van der Waals surface area contributed by atoms with Crippen molar-refractivity contribution in [3.8, 4) is 0 Å². The third kappa shape index (κ3) is 4.17. The Morgan fingerprint density at radius 3 is 2.04 bits per heavy atom. The molecule has 0 unspecified atom stereocenters. The third-order valence-corrected chi connectivity index (χ3v) is 3.61. The fourth-order valence-electron chi connectivity index (χ4n) is 2.48. The third-order valence-electron chi connectivity index (χ3n) is 3.61. The van der Waals surface area contributed by atoms with Crippen LogP contribution in [0.4, 0.5) is 5.69 Å². The number of carbonyl (C=O) groups excluding carboxylic acids is 1. The summed E-state index contributed by atoms with van der Waals surface area (Å²) >= 11 is 0. The number of nitrogens with one attached hydrogen (secondary N) is 1. The van der Waals surface area contributed by atoms with Crippen molar-refractivity contribution in [3.05, 3.63) is 102 Å². The van der Waals surface area contributed by atoms with Crippen LogP contribution in [-0.4, -0.2) is 10.9 Å². The van der Waals surface area contributed by atoms with E-state index in [9.17, 15) is 4.79 Å². The average Bonchev–Trinajstić information content (AvgIpc) is 2.64. The van der Waals surface area contributed by atoms with Gasteiger partial charge in [-0.05, 0) is 28.8 Å². The van der Waals surface area contributed by atoms with Gasteiger partial charge in [0.05, 0.1) is 11.9 Å². The summed E-state index contributed by atoms with van der Waals surface area (Å²) in [6, 6.07) is 23.8. The van der Waals surface area contributed by atoms with E-state index in [0.717, 1.165) is 16.7 Å². The van der Waals surface area contributed by atoms with Crippen LogP contribution in [0.1, 0.15) is 17.5 Å². The standard InChI is InChI=1S/C21H18N2O/c24-21(23-19-12-7-15-22-16-19)14-13-20(17-8-3-1-4-9-17)18-10-5-2-6-11-18/h1-13,15-16H,14H2,(H,23,24). The fourth-order valence-corrected chi connectivity index (χ4v) is 2.48. The first-order valence-corrected chi connectivity index (χ1v) is 7.84. The summed E-state index contributed by atoms with van der Waals surface area (Å²) in [5, 5.41) is 2.85. The summed E-state index contributed by atoms with van der Waals surface area (Å²) in [7, 11) is 0. The van der Waals surface area contributed by atoms with Crippen LogP contribution in [-0.2, 0) is 4.79 Å². The first kappa shape index (κ1) is 15.7. The van der Waals surface area contributed by atoms with E-state index in [1.165, 1.54) is 0 Å². The first-order chi connectivity index (χ1) is 11.8. The highest BCUT2D eigenvalue weighted by molar-refractivity contribution is 5.93. The van der Waals surface area contributed by atoms with Gasteiger partial charge in [0, 0.05) is 12.6 Å². The first-order valence-electron chi connectivity index (χ1n) is 7.84. The van der Waals surface area contributed by atoms with Crippen LogP contribution in [0.3, 0.4) is 0 Å². The van der Waals surface area contributed by atoms with Gasteiger partial charge in [-0.2, -0.15) is 0 Å². The SMILES string of the molecule is O=C(CC=C(c1ccccc1)c1ccccc1)Nc1cccnc1. The maximum absolute atomic E-state index is 12.2. The van der Waals surface area contributed by atoms with E-state index in [0.29, 0.717) is 12.1 Å². The van der Waals surface area contributed by atoms with Crippen LogP contribution < -0.4 is 5.32 Å². The molecule has 1 amide bonds. The van der Waals surface area contributed by atoms with Crippen LogP contribution >= 0.6 is 0 Å². The number of benzene rings is 2. The van der Waals surface area contributed by atoms with Gasteiger partial charge in [-0.1, -0.05) is 66.7 Å². The van der Waals surface area contributed by atoms with Gasteiger partial charge in [0.2, 0.25) is 5.91 Å². The van der Waals surface area contributed by atoms with Crippen LogP contribution in [0, 0.1) is 0 Å². The molecule has 24 heavy (non-hydrogen) atoms. The maximum atomic E-state index is 12.2. The summed E-state index contributed by atoms with van der Waals surface area (Å²) < 4.78 is 0. The number of amides is 1. The Labute approximate surface area is 141 Å². The number of hydrogen-bond donors (Lipinski definition) is 1. The van der Waals surface area contributed by atoms with E-state index >= 15 is 0 Å². The number of hydrogen-bond acceptors (Lipinski definition) is 2. The van der Waals surface area contributed by atoms with E-state index in [2.05, 4.69) is 34.6 Å². The summed E-state index contributed by atoms with van der Waals surface area (Å²) in [6.07, 6.45) is 5.58. The van der Waals surface area contributed by atoms with Crippen molar-refractivity contribution in [3.63, 3.8) is 0 Å². The molecule has 3 rings (SSSR count).